The molecule has 0 spiro atoms. The number of unbranched alkanes of at least 4 members (excludes halogenated alkanes) is 6. The lowest BCUT2D eigenvalue weighted by atomic mass is 10.1. The zero-order chi connectivity index (χ0) is 22.2. The number of carboxylic acids is 1. The molecule has 1 aromatic carbocycles. The summed E-state index contributed by atoms with van der Waals surface area (Å²) in [6.45, 7) is 6.45. The number of carboxylic acid groups (broad SMARTS) is 1. The molecule has 0 bridgehead atoms. The third kappa shape index (κ3) is 12.1. The van der Waals surface area contributed by atoms with E-state index in [1.54, 1.807) is 0 Å². The molecule has 2 N–H and O–H groups in total. The number of ether oxygens (including phenoxy) is 1. The van der Waals surface area contributed by atoms with Gasteiger partial charge in [0.25, 0.3) is 0 Å². The van der Waals surface area contributed by atoms with Gasteiger partial charge in [-0.3, -0.25) is 9.59 Å². The van der Waals surface area contributed by atoms with Crippen LogP contribution in [0.4, 0.5) is 5.69 Å². The Morgan fingerprint density at radius 3 is 2.30 bits per heavy atom. The molecule has 0 radical (unpaired) electrons. The molecule has 6 heteroatoms. The van der Waals surface area contributed by atoms with Crippen LogP contribution >= 0.6 is 11.8 Å². The molecule has 0 fully saturated rings. The predicted octanol–water partition coefficient (Wildman–Crippen LogP) is 6.36. The maximum atomic E-state index is 12.4. The van der Waals surface area contributed by atoms with E-state index in [2.05, 4.69) is 12.2 Å². The van der Waals surface area contributed by atoms with E-state index in [-0.39, 0.29) is 12.3 Å². The number of aryl methyl sites for hydroxylation is 2. The van der Waals surface area contributed by atoms with E-state index in [9.17, 15) is 9.59 Å². The van der Waals surface area contributed by atoms with E-state index < -0.39 is 5.97 Å². The van der Waals surface area contributed by atoms with Gasteiger partial charge in [-0.25, -0.2) is 0 Å². The van der Waals surface area contributed by atoms with Crippen LogP contribution < -0.4 is 10.1 Å². The first-order valence-corrected chi connectivity index (χ1v) is 12.4. The highest BCUT2D eigenvalue weighted by atomic mass is 32.2. The van der Waals surface area contributed by atoms with Crippen LogP contribution in [-0.4, -0.2) is 35.1 Å². The molecule has 0 heterocycles. The molecular weight excluding hydrogens is 398 g/mol. The van der Waals surface area contributed by atoms with E-state index in [4.69, 9.17) is 9.84 Å². The zero-order valence-electron chi connectivity index (χ0n) is 18.9. The van der Waals surface area contributed by atoms with Gasteiger partial charge in [0.2, 0.25) is 5.91 Å². The van der Waals surface area contributed by atoms with E-state index in [0.29, 0.717) is 30.9 Å². The standard InChI is InChI=1S/C24H39NO4S/c1-4-30-16-11-9-7-5-6-8-10-13-22(26)25-24-20(3)17-19(2)18-21(24)29-15-12-14-23(27)28/h17-18H,4-16H2,1-3H3,(H,25,26)(H,27,28). The molecule has 0 saturated carbocycles. The summed E-state index contributed by atoms with van der Waals surface area (Å²) < 4.78 is 5.78. The smallest absolute Gasteiger partial charge is 0.303 e. The molecule has 0 atom stereocenters. The molecule has 30 heavy (non-hydrogen) atoms. The van der Waals surface area contributed by atoms with Gasteiger partial charge in [-0.1, -0.05) is 45.1 Å². The van der Waals surface area contributed by atoms with Gasteiger partial charge in [0.1, 0.15) is 5.75 Å². The summed E-state index contributed by atoms with van der Waals surface area (Å²) in [4.78, 5) is 23.1. The maximum Gasteiger partial charge on any atom is 0.303 e. The summed E-state index contributed by atoms with van der Waals surface area (Å²) in [5, 5.41) is 11.8. The van der Waals surface area contributed by atoms with E-state index >= 15 is 0 Å². The van der Waals surface area contributed by atoms with Crippen LogP contribution in [0.5, 0.6) is 5.75 Å². The Kier molecular flexibility index (Phi) is 14.1. The predicted molar refractivity (Wildman–Crippen MR) is 127 cm³/mol. The van der Waals surface area contributed by atoms with Crippen molar-refractivity contribution >= 4 is 29.3 Å². The van der Waals surface area contributed by atoms with Crippen molar-refractivity contribution < 1.29 is 19.4 Å². The monoisotopic (exact) mass is 437 g/mol. The summed E-state index contributed by atoms with van der Waals surface area (Å²) in [6, 6.07) is 3.90. The number of thioether (sulfide) groups is 1. The number of carbonyl (C=O) groups excluding carboxylic acids is 1. The number of nitrogens with one attached hydrogen (secondary N) is 1. The topological polar surface area (TPSA) is 75.6 Å². The largest absolute Gasteiger partial charge is 0.491 e. The maximum absolute atomic E-state index is 12.4. The minimum Gasteiger partial charge on any atom is -0.491 e. The van der Waals surface area contributed by atoms with Crippen molar-refractivity contribution in [3.05, 3.63) is 23.3 Å². The fourth-order valence-electron chi connectivity index (χ4n) is 3.33. The quantitative estimate of drug-likeness (QED) is 0.277. The Balaban J connectivity index is 2.33. The van der Waals surface area contributed by atoms with Gasteiger partial charge in [-0.05, 0) is 61.8 Å². The van der Waals surface area contributed by atoms with Crippen LogP contribution in [0.25, 0.3) is 0 Å². The fraction of sp³-hybridized carbons (Fsp3) is 0.667. The molecule has 0 aromatic heterocycles. The Hall–Kier alpha value is -1.69. The number of hydrogen-bond donors (Lipinski definition) is 2. The van der Waals surface area contributed by atoms with Crippen molar-refractivity contribution in [2.45, 2.75) is 85.0 Å². The number of amides is 1. The second kappa shape index (κ2) is 16.1. The van der Waals surface area contributed by atoms with Crippen LogP contribution in [0.15, 0.2) is 12.1 Å². The highest BCUT2D eigenvalue weighted by Gasteiger charge is 2.12. The number of hydrogen-bond acceptors (Lipinski definition) is 4. The van der Waals surface area contributed by atoms with Crippen molar-refractivity contribution in [2.75, 3.05) is 23.4 Å². The van der Waals surface area contributed by atoms with E-state index in [1.165, 1.54) is 43.6 Å². The normalized spacial score (nSPS) is 10.8. The van der Waals surface area contributed by atoms with Gasteiger partial charge in [0, 0.05) is 12.8 Å². The van der Waals surface area contributed by atoms with Crippen molar-refractivity contribution in [3.63, 3.8) is 0 Å². The Labute approximate surface area is 186 Å². The molecule has 170 valence electrons. The lowest BCUT2D eigenvalue weighted by molar-refractivity contribution is -0.137. The average Bonchev–Trinajstić information content (AvgIpc) is 2.69. The first kappa shape index (κ1) is 26.3. The Morgan fingerprint density at radius 2 is 1.63 bits per heavy atom. The number of benzene rings is 1. The number of aliphatic carboxylic acids is 1. The summed E-state index contributed by atoms with van der Waals surface area (Å²) in [5.41, 5.74) is 2.70. The molecule has 1 rings (SSSR count). The van der Waals surface area contributed by atoms with Gasteiger partial charge in [0.05, 0.1) is 12.3 Å². The minimum atomic E-state index is -0.831. The fourth-order valence-corrected chi connectivity index (χ4v) is 4.02. The van der Waals surface area contributed by atoms with Crippen molar-refractivity contribution in [3.8, 4) is 5.75 Å². The molecule has 1 aromatic rings. The second-order valence-electron chi connectivity index (χ2n) is 7.77. The molecule has 1 amide bonds. The van der Waals surface area contributed by atoms with Crippen LogP contribution in [0.1, 0.15) is 82.3 Å². The first-order chi connectivity index (χ1) is 14.4. The van der Waals surface area contributed by atoms with Crippen LogP contribution in [-0.2, 0) is 9.59 Å². The summed E-state index contributed by atoms with van der Waals surface area (Å²) in [6.07, 6.45) is 9.38. The Morgan fingerprint density at radius 1 is 0.967 bits per heavy atom. The highest BCUT2D eigenvalue weighted by molar-refractivity contribution is 7.99. The lowest BCUT2D eigenvalue weighted by Crippen LogP contribution is -2.14. The van der Waals surface area contributed by atoms with E-state index in [0.717, 1.165) is 24.0 Å². The van der Waals surface area contributed by atoms with Gasteiger partial charge < -0.3 is 15.2 Å². The molecule has 0 saturated heterocycles. The zero-order valence-corrected chi connectivity index (χ0v) is 19.7. The molecule has 0 aliphatic carbocycles. The first-order valence-electron chi connectivity index (χ1n) is 11.3. The SMILES string of the molecule is CCSCCCCCCCCCC(=O)Nc1c(C)cc(C)cc1OCCCC(=O)O. The third-order valence-electron chi connectivity index (χ3n) is 4.90. The summed E-state index contributed by atoms with van der Waals surface area (Å²) >= 11 is 2.02. The number of anilines is 1. The van der Waals surface area contributed by atoms with Crippen molar-refractivity contribution in [2.24, 2.45) is 0 Å². The molecule has 0 aliphatic heterocycles. The average molecular weight is 438 g/mol. The summed E-state index contributed by atoms with van der Waals surface area (Å²) in [5.74, 6) is 2.28. The third-order valence-corrected chi connectivity index (χ3v) is 5.88. The van der Waals surface area contributed by atoms with Crippen molar-refractivity contribution in [1.82, 2.24) is 0 Å². The van der Waals surface area contributed by atoms with Gasteiger partial charge in [0.15, 0.2) is 0 Å². The van der Waals surface area contributed by atoms with Crippen molar-refractivity contribution in [1.29, 1.82) is 0 Å². The number of rotatable bonds is 17. The van der Waals surface area contributed by atoms with E-state index in [1.807, 2.05) is 37.7 Å². The molecular formula is C24H39NO4S. The minimum absolute atomic E-state index is 0.00827. The van der Waals surface area contributed by atoms with Crippen LogP contribution in [0, 0.1) is 13.8 Å². The molecule has 5 nitrogen and oxygen atoms in total. The van der Waals surface area contributed by atoms with Gasteiger partial charge >= 0.3 is 5.97 Å². The number of carbonyl (C=O) groups is 2. The highest BCUT2D eigenvalue weighted by Crippen LogP contribution is 2.30. The molecule has 0 unspecified atom stereocenters. The lowest BCUT2D eigenvalue weighted by Gasteiger charge is -2.16. The van der Waals surface area contributed by atoms with Gasteiger partial charge in [-0.15, -0.1) is 0 Å². The van der Waals surface area contributed by atoms with Crippen LogP contribution in [0.3, 0.4) is 0 Å². The molecule has 0 aliphatic rings. The van der Waals surface area contributed by atoms with Crippen LogP contribution in [0.2, 0.25) is 0 Å². The Bertz CT molecular complexity index is 648. The second-order valence-corrected chi connectivity index (χ2v) is 9.16. The summed E-state index contributed by atoms with van der Waals surface area (Å²) in [7, 11) is 0. The van der Waals surface area contributed by atoms with Gasteiger partial charge in [-0.2, -0.15) is 11.8 Å².